The fourth-order valence-corrected chi connectivity index (χ4v) is 4.01. The lowest BCUT2D eigenvalue weighted by molar-refractivity contribution is 0.501. The van der Waals surface area contributed by atoms with E-state index >= 15 is 0 Å². The second-order valence-electron chi connectivity index (χ2n) is 8.23. The summed E-state index contributed by atoms with van der Waals surface area (Å²) in [7, 11) is 0. The molecule has 0 saturated carbocycles. The van der Waals surface area contributed by atoms with Crippen molar-refractivity contribution < 1.29 is 0 Å². The molecule has 0 amide bonds. The van der Waals surface area contributed by atoms with Crippen LogP contribution in [0.25, 0.3) is 4.91 Å². The number of aryl methyl sites for hydroxylation is 3. The minimum atomic E-state index is 0.843. The standard InChI is InChI=1S/C14H18S.C12H17N/c1-10-4-5-12-6-7-13(11(2)15-3)9-14(12)8-10;1-8(2)5-11-6-10(4)12(13)7-9(11)3/h6-7,9-10H,2,4-5,8H2,1,3H3;6-7H,1,5,13H2,2-4H3. The third kappa shape index (κ3) is 6.04. The minimum Gasteiger partial charge on any atom is -0.399 e. The third-order valence-corrected chi connectivity index (χ3v) is 6.19. The van der Waals surface area contributed by atoms with E-state index in [9.17, 15) is 0 Å². The number of thioether (sulfide) groups is 1. The van der Waals surface area contributed by atoms with Crippen molar-refractivity contribution in [3.05, 3.63) is 82.4 Å². The lowest BCUT2D eigenvalue weighted by atomic mass is 9.84. The summed E-state index contributed by atoms with van der Waals surface area (Å²) in [5.41, 5.74) is 16.0. The van der Waals surface area contributed by atoms with Crippen molar-refractivity contribution in [1.29, 1.82) is 0 Å². The van der Waals surface area contributed by atoms with E-state index in [0.29, 0.717) is 0 Å². The molecule has 0 radical (unpaired) electrons. The highest BCUT2D eigenvalue weighted by molar-refractivity contribution is 8.07. The van der Waals surface area contributed by atoms with E-state index in [4.69, 9.17) is 5.73 Å². The first-order valence-corrected chi connectivity index (χ1v) is 11.3. The molecule has 2 N–H and O–H groups in total. The van der Waals surface area contributed by atoms with Gasteiger partial charge in [-0.2, -0.15) is 0 Å². The number of rotatable bonds is 4. The Kier molecular flexibility index (Phi) is 8.00. The molecule has 0 bridgehead atoms. The van der Waals surface area contributed by atoms with Crippen LogP contribution in [0.2, 0.25) is 0 Å². The van der Waals surface area contributed by atoms with Gasteiger partial charge in [0, 0.05) is 10.6 Å². The molecule has 0 spiro atoms. The van der Waals surface area contributed by atoms with Gasteiger partial charge >= 0.3 is 0 Å². The zero-order valence-corrected chi connectivity index (χ0v) is 19.0. The normalized spacial score (nSPS) is 15.2. The van der Waals surface area contributed by atoms with Crippen molar-refractivity contribution >= 4 is 22.4 Å². The maximum absolute atomic E-state index is 5.80. The Hall–Kier alpha value is -1.93. The number of anilines is 1. The Morgan fingerprint density at radius 2 is 1.82 bits per heavy atom. The Labute approximate surface area is 176 Å². The van der Waals surface area contributed by atoms with Gasteiger partial charge in [0.15, 0.2) is 0 Å². The first kappa shape index (κ1) is 22.4. The van der Waals surface area contributed by atoms with Crippen molar-refractivity contribution in [2.45, 2.75) is 53.4 Å². The van der Waals surface area contributed by atoms with Gasteiger partial charge in [-0.1, -0.05) is 49.9 Å². The van der Waals surface area contributed by atoms with Crippen molar-refractivity contribution in [2.75, 3.05) is 12.0 Å². The second kappa shape index (κ2) is 10.0. The fourth-order valence-electron chi connectivity index (χ4n) is 3.64. The molecular weight excluding hydrogens is 358 g/mol. The number of hydrogen-bond acceptors (Lipinski definition) is 2. The maximum Gasteiger partial charge on any atom is 0.0346 e. The van der Waals surface area contributed by atoms with Gasteiger partial charge in [-0.15, -0.1) is 11.8 Å². The molecule has 2 aromatic rings. The molecule has 28 heavy (non-hydrogen) atoms. The monoisotopic (exact) mass is 393 g/mol. The third-order valence-electron chi connectivity index (χ3n) is 5.47. The number of hydrogen-bond donors (Lipinski definition) is 1. The first-order valence-electron chi connectivity index (χ1n) is 10.1. The average molecular weight is 394 g/mol. The summed E-state index contributed by atoms with van der Waals surface area (Å²) < 4.78 is 0. The largest absolute Gasteiger partial charge is 0.399 e. The van der Waals surface area contributed by atoms with E-state index in [2.05, 4.69) is 57.5 Å². The van der Waals surface area contributed by atoms with Crippen LogP contribution < -0.4 is 5.73 Å². The van der Waals surface area contributed by atoms with Gasteiger partial charge in [-0.05, 0) is 98.1 Å². The number of nitrogens with two attached hydrogens (primary N) is 1. The molecule has 1 aliphatic carbocycles. The lowest BCUT2D eigenvalue weighted by Gasteiger charge is -2.22. The van der Waals surface area contributed by atoms with Crippen LogP contribution in [0.5, 0.6) is 0 Å². The molecule has 1 nitrogen and oxygen atoms in total. The first-order chi connectivity index (χ1) is 13.2. The summed E-state index contributed by atoms with van der Waals surface area (Å²) in [4.78, 5) is 1.18. The van der Waals surface area contributed by atoms with Gasteiger partial charge in [0.05, 0.1) is 0 Å². The SMILES string of the molecule is C=C(C)Cc1cc(C)c(N)cc1C.C=C(SC)c1ccc2c(c1)CC(C)CC2. The zero-order valence-electron chi connectivity index (χ0n) is 18.2. The summed E-state index contributed by atoms with van der Waals surface area (Å²) in [6.45, 7) is 16.5. The highest BCUT2D eigenvalue weighted by Crippen LogP contribution is 2.30. The van der Waals surface area contributed by atoms with E-state index in [-0.39, 0.29) is 0 Å². The van der Waals surface area contributed by atoms with Crippen LogP contribution in [0.1, 0.15) is 53.6 Å². The molecule has 1 aliphatic rings. The fraction of sp³-hybridized carbons (Fsp3) is 0.385. The number of allylic oxidation sites excluding steroid dienone is 1. The molecular formula is C26H35NS. The highest BCUT2D eigenvalue weighted by atomic mass is 32.2. The van der Waals surface area contributed by atoms with Crippen LogP contribution in [0.15, 0.2) is 49.1 Å². The molecule has 2 aromatic carbocycles. The average Bonchev–Trinajstić information content (AvgIpc) is 2.65. The van der Waals surface area contributed by atoms with Crippen LogP contribution in [-0.2, 0) is 19.3 Å². The summed E-state index contributed by atoms with van der Waals surface area (Å²) in [6.07, 6.45) is 6.88. The Morgan fingerprint density at radius 3 is 2.46 bits per heavy atom. The molecule has 0 aliphatic heterocycles. The van der Waals surface area contributed by atoms with Crippen LogP contribution in [0.4, 0.5) is 5.69 Å². The van der Waals surface area contributed by atoms with Crippen LogP contribution in [0, 0.1) is 19.8 Å². The van der Waals surface area contributed by atoms with E-state index in [1.807, 2.05) is 19.9 Å². The molecule has 150 valence electrons. The molecule has 0 fully saturated rings. The molecule has 0 heterocycles. The lowest BCUT2D eigenvalue weighted by Crippen LogP contribution is -2.11. The molecule has 1 atom stereocenters. The van der Waals surface area contributed by atoms with Crippen molar-refractivity contribution in [1.82, 2.24) is 0 Å². The summed E-state index contributed by atoms with van der Waals surface area (Å²) >= 11 is 1.73. The topological polar surface area (TPSA) is 26.0 Å². The van der Waals surface area contributed by atoms with Gasteiger partial charge in [0.1, 0.15) is 0 Å². The van der Waals surface area contributed by atoms with Crippen LogP contribution >= 0.6 is 11.8 Å². The minimum absolute atomic E-state index is 0.843. The maximum atomic E-state index is 5.80. The predicted octanol–water partition coefficient (Wildman–Crippen LogP) is 7.15. The smallest absolute Gasteiger partial charge is 0.0346 e. The number of fused-ring (bicyclic) bond motifs is 1. The van der Waals surface area contributed by atoms with E-state index < -0.39 is 0 Å². The van der Waals surface area contributed by atoms with Gasteiger partial charge in [0.2, 0.25) is 0 Å². The van der Waals surface area contributed by atoms with E-state index in [1.54, 1.807) is 22.9 Å². The molecule has 0 aromatic heterocycles. The Bertz CT molecular complexity index is 863. The summed E-state index contributed by atoms with van der Waals surface area (Å²) in [5, 5.41) is 0. The van der Waals surface area contributed by atoms with E-state index in [0.717, 1.165) is 23.6 Å². The predicted molar refractivity (Wildman–Crippen MR) is 129 cm³/mol. The summed E-state index contributed by atoms with van der Waals surface area (Å²) in [5.74, 6) is 0.843. The van der Waals surface area contributed by atoms with Crippen molar-refractivity contribution in [2.24, 2.45) is 5.92 Å². The second-order valence-corrected chi connectivity index (χ2v) is 9.13. The van der Waals surface area contributed by atoms with Crippen LogP contribution in [0.3, 0.4) is 0 Å². The zero-order chi connectivity index (χ0) is 20.8. The van der Waals surface area contributed by atoms with E-state index in [1.165, 1.54) is 46.4 Å². The summed E-state index contributed by atoms with van der Waals surface area (Å²) in [6, 6.07) is 11.0. The van der Waals surface area contributed by atoms with Gasteiger partial charge in [0.25, 0.3) is 0 Å². The van der Waals surface area contributed by atoms with Crippen molar-refractivity contribution in [3.8, 4) is 0 Å². The quantitative estimate of drug-likeness (QED) is 0.441. The molecule has 3 rings (SSSR count). The van der Waals surface area contributed by atoms with Gasteiger partial charge in [-0.3, -0.25) is 0 Å². The number of nitrogen functional groups attached to an aromatic ring is 1. The Morgan fingerprint density at radius 1 is 1.11 bits per heavy atom. The number of benzene rings is 2. The van der Waals surface area contributed by atoms with Crippen LogP contribution in [-0.4, -0.2) is 6.26 Å². The molecule has 0 saturated heterocycles. The molecule has 1 unspecified atom stereocenters. The van der Waals surface area contributed by atoms with Gasteiger partial charge in [-0.25, -0.2) is 0 Å². The Balaban J connectivity index is 0.000000203. The highest BCUT2D eigenvalue weighted by Gasteiger charge is 2.15. The molecule has 2 heteroatoms. The van der Waals surface area contributed by atoms with Gasteiger partial charge < -0.3 is 5.73 Å². The van der Waals surface area contributed by atoms with Crippen molar-refractivity contribution in [3.63, 3.8) is 0 Å².